The minimum Gasteiger partial charge on any atom is -0.493 e. The second kappa shape index (κ2) is 7.63. The maximum absolute atomic E-state index is 12.9. The van der Waals surface area contributed by atoms with Gasteiger partial charge in [0, 0.05) is 37.0 Å². The lowest BCUT2D eigenvalue weighted by Gasteiger charge is -2.31. The molecule has 2 fully saturated rings. The van der Waals surface area contributed by atoms with Crippen LogP contribution < -0.4 is 10.3 Å². The molecule has 2 aromatic heterocycles. The number of benzene rings is 1. The number of para-hydroxylation sites is 1. The summed E-state index contributed by atoms with van der Waals surface area (Å²) in [5, 5.41) is 5.42. The van der Waals surface area contributed by atoms with E-state index >= 15 is 0 Å². The van der Waals surface area contributed by atoms with E-state index in [1.807, 2.05) is 29.2 Å². The number of nitrogens with zero attached hydrogens (tertiary/aromatic N) is 3. The fourth-order valence-corrected chi connectivity index (χ4v) is 4.21. The van der Waals surface area contributed by atoms with Crippen LogP contribution >= 0.6 is 0 Å². The van der Waals surface area contributed by atoms with E-state index in [0.29, 0.717) is 48.6 Å². The molecular formula is C23H25N3O4. The lowest BCUT2D eigenvalue weighted by atomic mass is 9.96. The molecule has 3 heterocycles. The van der Waals surface area contributed by atoms with E-state index in [4.69, 9.17) is 9.15 Å². The molecule has 2 aliphatic rings. The monoisotopic (exact) mass is 407 g/mol. The topological polar surface area (TPSA) is 77.6 Å². The molecule has 0 radical (unpaired) electrons. The highest BCUT2D eigenvalue weighted by Crippen LogP contribution is 2.38. The zero-order valence-electron chi connectivity index (χ0n) is 17.0. The summed E-state index contributed by atoms with van der Waals surface area (Å²) in [6.45, 7) is 1.91. The van der Waals surface area contributed by atoms with Crippen molar-refractivity contribution in [3.63, 3.8) is 0 Å². The molecule has 0 N–H and O–H groups in total. The fraction of sp³-hybridized carbons (Fsp3) is 0.435. The van der Waals surface area contributed by atoms with Gasteiger partial charge in [0.05, 0.1) is 12.8 Å². The lowest BCUT2D eigenvalue weighted by molar-refractivity contribution is 0.0650. The molecular weight excluding hydrogens is 382 g/mol. The molecule has 1 saturated carbocycles. The third kappa shape index (κ3) is 3.60. The van der Waals surface area contributed by atoms with Gasteiger partial charge < -0.3 is 14.1 Å². The Kier molecular flexibility index (Phi) is 4.81. The van der Waals surface area contributed by atoms with Gasteiger partial charge in [-0.2, -0.15) is 5.10 Å². The number of likely N-dealkylation sites (tertiary alicyclic amines) is 1. The van der Waals surface area contributed by atoms with E-state index in [9.17, 15) is 9.59 Å². The van der Waals surface area contributed by atoms with Gasteiger partial charge >= 0.3 is 0 Å². The number of carbonyl (C=O) groups is 1. The summed E-state index contributed by atoms with van der Waals surface area (Å²) < 4.78 is 12.7. The number of furan rings is 1. The molecule has 7 nitrogen and oxygen atoms in total. The third-order valence-electron chi connectivity index (χ3n) is 6.15. The van der Waals surface area contributed by atoms with Crippen molar-refractivity contribution in [1.29, 1.82) is 0 Å². The first-order chi connectivity index (χ1) is 14.6. The van der Waals surface area contributed by atoms with Gasteiger partial charge in [-0.05, 0) is 49.8 Å². The predicted molar refractivity (Wildman–Crippen MR) is 112 cm³/mol. The Hall–Kier alpha value is -3.09. The molecule has 0 bridgehead atoms. The molecule has 3 aromatic rings. The van der Waals surface area contributed by atoms with Crippen LogP contribution in [0.4, 0.5) is 0 Å². The van der Waals surface area contributed by atoms with Gasteiger partial charge in [-0.3, -0.25) is 9.59 Å². The zero-order valence-corrected chi connectivity index (χ0v) is 17.0. The van der Waals surface area contributed by atoms with Crippen LogP contribution in [0.1, 0.15) is 47.8 Å². The van der Waals surface area contributed by atoms with Crippen molar-refractivity contribution in [1.82, 2.24) is 14.7 Å². The Morgan fingerprint density at radius 3 is 2.70 bits per heavy atom. The second-order valence-corrected chi connectivity index (χ2v) is 8.28. The molecule has 1 aromatic carbocycles. The maximum atomic E-state index is 12.9. The quantitative estimate of drug-likeness (QED) is 0.648. The van der Waals surface area contributed by atoms with Gasteiger partial charge in [-0.15, -0.1) is 0 Å². The smallest absolute Gasteiger partial charge is 0.289 e. The molecule has 0 atom stereocenters. The molecule has 5 rings (SSSR count). The van der Waals surface area contributed by atoms with E-state index < -0.39 is 0 Å². The SMILES string of the molecule is COc1cccc2cc(C(=O)N3CCC(Cn4nc(C5CC5)ccc4=O)CC3)oc12. The maximum Gasteiger partial charge on any atom is 0.289 e. The van der Waals surface area contributed by atoms with Crippen LogP contribution in [0.5, 0.6) is 5.75 Å². The van der Waals surface area contributed by atoms with Crippen LogP contribution in [0.3, 0.4) is 0 Å². The number of ether oxygens (including phenoxy) is 1. The molecule has 0 spiro atoms. The van der Waals surface area contributed by atoms with Crippen molar-refractivity contribution >= 4 is 16.9 Å². The van der Waals surface area contributed by atoms with Crippen LogP contribution in [0, 0.1) is 5.92 Å². The number of fused-ring (bicyclic) bond motifs is 1. The van der Waals surface area contributed by atoms with Crippen molar-refractivity contribution in [3.05, 3.63) is 58.2 Å². The number of rotatable bonds is 5. The minimum atomic E-state index is -0.0993. The predicted octanol–water partition coefficient (Wildman–Crippen LogP) is 3.43. The molecule has 1 aliphatic heterocycles. The second-order valence-electron chi connectivity index (χ2n) is 8.28. The highest BCUT2D eigenvalue weighted by molar-refractivity contribution is 5.97. The van der Waals surface area contributed by atoms with Gasteiger partial charge in [0.15, 0.2) is 17.1 Å². The Morgan fingerprint density at radius 1 is 1.17 bits per heavy atom. The Morgan fingerprint density at radius 2 is 1.97 bits per heavy atom. The highest BCUT2D eigenvalue weighted by atomic mass is 16.5. The standard InChI is InChI=1S/C23H25N3O4/c1-29-19-4-2-3-17-13-20(30-22(17)19)23(28)25-11-9-15(10-12-25)14-26-21(27)8-7-18(24-26)16-5-6-16/h2-4,7-8,13,15-16H,5-6,9-12,14H2,1H3. The fourth-order valence-electron chi connectivity index (χ4n) is 4.21. The van der Waals surface area contributed by atoms with Crippen LogP contribution in [0.2, 0.25) is 0 Å². The Balaban J connectivity index is 1.24. The van der Waals surface area contributed by atoms with Crippen molar-refractivity contribution in [2.24, 2.45) is 5.92 Å². The van der Waals surface area contributed by atoms with Gasteiger partial charge in [-0.1, -0.05) is 12.1 Å². The first-order valence-corrected chi connectivity index (χ1v) is 10.6. The number of piperidine rings is 1. The summed E-state index contributed by atoms with van der Waals surface area (Å²) in [5.41, 5.74) is 1.58. The highest BCUT2D eigenvalue weighted by Gasteiger charge is 2.28. The van der Waals surface area contributed by atoms with Crippen LogP contribution in [-0.2, 0) is 6.54 Å². The lowest BCUT2D eigenvalue weighted by Crippen LogP contribution is -2.40. The molecule has 1 aliphatic carbocycles. The molecule has 0 unspecified atom stereocenters. The first-order valence-electron chi connectivity index (χ1n) is 10.6. The van der Waals surface area contributed by atoms with E-state index in [-0.39, 0.29) is 11.5 Å². The number of hydrogen-bond acceptors (Lipinski definition) is 5. The number of hydrogen-bond donors (Lipinski definition) is 0. The summed E-state index contributed by atoms with van der Waals surface area (Å²) in [7, 11) is 1.59. The number of methoxy groups -OCH3 is 1. The number of aromatic nitrogens is 2. The van der Waals surface area contributed by atoms with Crippen molar-refractivity contribution in [2.75, 3.05) is 20.2 Å². The van der Waals surface area contributed by atoms with Crippen LogP contribution in [0.15, 0.2) is 45.6 Å². The summed E-state index contributed by atoms with van der Waals surface area (Å²) >= 11 is 0. The summed E-state index contributed by atoms with van der Waals surface area (Å²) in [5.74, 6) is 1.72. The van der Waals surface area contributed by atoms with E-state index in [2.05, 4.69) is 5.10 Å². The normalized spacial score (nSPS) is 17.4. The van der Waals surface area contributed by atoms with Gasteiger partial charge in [0.2, 0.25) is 0 Å². The largest absolute Gasteiger partial charge is 0.493 e. The van der Waals surface area contributed by atoms with Crippen LogP contribution in [0.25, 0.3) is 11.0 Å². The van der Waals surface area contributed by atoms with Gasteiger partial charge in [0.1, 0.15) is 0 Å². The Bertz CT molecular complexity index is 1140. The Labute approximate surface area is 174 Å². The van der Waals surface area contributed by atoms with Crippen LogP contribution in [-0.4, -0.2) is 40.8 Å². The minimum absolute atomic E-state index is 0.0471. The van der Waals surface area contributed by atoms with Crippen molar-refractivity contribution in [2.45, 2.75) is 38.1 Å². The van der Waals surface area contributed by atoms with E-state index in [1.54, 1.807) is 23.9 Å². The average Bonchev–Trinajstić information content (AvgIpc) is 3.53. The van der Waals surface area contributed by atoms with Crippen molar-refractivity contribution in [3.8, 4) is 5.75 Å². The average molecular weight is 407 g/mol. The molecule has 156 valence electrons. The van der Waals surface area contributed by atoms with Crippen molar-refractivity contribution < 1.29 is 13.9 Å². The third-order valence-corrected chi connectivity index (χ3v) is 6.15. The molecule has 1 saturated heterocycles. The first kappa shape index (κ1) is 18.9. The molecule has 1 amide bonds. The van der Waals surface area contributed by atoms with Gasteiger partial charge in [-0.25, -0.2) is 4.68 Å². The van der Waals surface area contributed by atoms with E-state index in [0.717, 1.165) is 23.9 Å². The number of amides is 1. The summed E-state index contributed by atoms with van der Waals surface area (Å²) in [6, 6.07) is 10.9. The van der Waals surface area contributed by atoms with Gasteiger partial charge in [0.25, 0.3) is 11.5 Å². The molecule has 7 heteroatoms. The summed E-state index contributed by atoms with van der Waals surface area (Å²) in [6.07, 6.45) is 4.02. The van der Waals surface area contributed by atoms with E-state index in [1.165, 1.54) is 12.8 Å². The summed E-state index contributed by atoms with van der Waals surface area (Å²) in [4.78, 5) is 27.0. The molecule has 30 heavy (non-hydrogen) atoms. The number of carbonyl (C=O) groups excluding carboxylic acids is 1. The zero-order chi connectivity index (χ0) is 20.7.